The zero-order valence-corrected chi connectivity index (χ0v) is 20.0. The summed E-state index contributed by atoms with van der Waals surface area (Å²) in [4.78, 5) is 39.5. The molecule has 35 heavy (non-hydrogen) atoms. The van der Waals surface area contributed by atoms with Crippen LogP contribution in [0.25, 0.3) is 0 Å². The Morgan fingerprint density at radius 3 is 2.43 bits per heavy atom. The molecule has 2 N–H and O–H groups in total. The number of amides is 2. The maximum Gasteiger partial charge on any atom is 0.411 e. The first-order valence-electron chi connectivity index (χ1n) is 12.2. The molecule has 2 aromatic carbocycles. The van der Waals surface area contributed by atoms with Crippen molar-refractivity contribution in [2.24, 2.45) is 0 Å². The topological polar surface area (TPSA) is 95.9 Å². The number of hydrogen-bond donors (Lipinski definition) is 2. The van der Waals surface area contributed by atoms with Crippen LogP contribution in [0, 0.1) is 0 Å². The van der Waals surface area contributed by atoms with E-state index in [9.17, 15) is 19.5 Å². The Bertz CT molecular complexity index is 1010. The maximum atomic E-state index is 13.3. The highest BCUT2D eigenvalue weighted by molar-refractivity contribution is 5.89. The van der Waals surface area contributed by atoms with Gasteiger partial charge in [-0.1, -0.05) is 79.9 Å². The number of hydrogen-bond acceptors (Lipinski definition) is 4. The number of carbonyl (C=O) groups is 3. The van der Waals surface area contributed by atoms with Crippen molar-refractivity contribution in [2.75, 3.05) is 0 Å². The molecule has 186 valence electrons. The smallest absolute Gasteiger partial charge is 0.411 e. The standard InChI is InChI=1S/C28H34N2O5/c1-2-3-4-5-6-10-17-24(27(32)33)29-26(31)25-18-22-15-11-12-16-23(22)19-30(25)28(34)35-20-21-13-8-7-9-14-21/h2,7-9,11-16,24-25H,1,3-6,10,17-20H2,(H,29,31)(H,32,33)/t24-,25-/m0/s1. The van der Waals surface area contributed by atoms with Crippen LogP contribution < -0.4 is 5.32 Å². The number of unbranched alkanes of at least 4 members (excludes halogenated alkanes) is 4. The van der Waals surface area contributed by atoms with Gasteiger partial charge in [0, 0.05) is 6.42 Å². The van der Waals surface area contributed by atoms with E-state index in [1.54, 1.807) is 0 Å². The Kier molecular flexibility index (Phi) is 9.90. The summed E-state index contributed by atoms with van der Waals surface area (Å²) < 4.78 is 5.51. The van der Waals surface area contributed by atoms with Crippen LogP contribution in [0.2, 0.25) is 0 Å². The van der Waals surface area contributed by atoms with E-state index in [4.69, 9.17) is 4.74 Å². The van der Waals surface area contributed by atoms with Crippen LogP contribution in [0.5, 0.6) is 0 Å². The van der Waals surface area contributed by atoms with Crippen molar-refractivity contribution in [3.63, 3.8) is 0 Å². The quantitative estimate of drug-likeness (QED) is 0.336. The molecule has 2 aromatic rings. The van der Waals surface area contributed by atoms with Gasteiger partial charge in [0.1, 0.15) is 18.7 Å². The summed E-state index contributed by atoms with van der Waals surface area (Å²) in [5.41, 5.74) is 2.76. The third-order valence-electron chi connectivity index (χ3n) is 6.26. The lowest BCUT2D eigenvalue weighted by Gasteiger charge is -2.35. The molecule has 7 nitrogen and oxygen atoms in total. The van der Waals surface area contributed by atoms with Crippen molar-refractivity contribution in [1.82, 2.24) is 10.2 Å². The Hall–Kier alpha value is -3.61. The van der Waals surface area contributed by atoms with E-state index in [-0.39, 0.29) is 13.2 Å². The van der Waals surface area contributed by atoms with E-state index in [1.807, 2.05) is 60.7 Å². The summed E-state index contributed by atoms with van der Waals surface area (Å²) in [7, 11) is 0. The number of carboxylic acid groups (broad SMARTS) is 1. The number of carbonyl (C=O) groups excluding carboxylic acids is 2. The van der Waals surface area contributed by atoms with Crippen LogP contribution in [0.4, 0.5) is 4.79 Å². The minimum Gasteiger partial charge on any atom is -0.480 e. The molecule has 0 saturated carbocycles. The van der Waals surface area contributed by atoms with Gasteiger partial charge in [0.2, 0.25) is 5.91 Å². The number of carboxylic acids is 1. The molecule has 1 heterocycles. The minimum absolute atomic E-state index is 0.0930. The van der Waals surface area contributed by atoms with Gasteiger partial charge < -0.3 is 15.2 Å². The first-order chi connectivity index (χ1) is 17.0. The molecule has 0 radical (unpaired) electrons. The van der Waals surface area contributed by atoms with Crippen LogP contribution in [0.15, 0.2) is 67.3 Å². The fourth-order valence-electron chi connectivity index (χ4n) is 4.27. The first-order valence-corrected chi connectivity index (χ1v) is 12.2. The Morgan fingerprint density at radius 1 is 1.03 bits per heavy atom. The van der Waals surface area contributed by atoms with Crippen LogP contribution in [0.1, 0.15) is 55.2 Å². The van der Waals surface area contributed by atoms with Crippen molar-refractivity contribution in [3.05, 3.63) is 83.9 Å². The number of rotatable bonds is 12. The highest BCUT2D eigenvalue weighted by Crippen LogP contribution is 2.25. The van der Waals surface area contributed by atoms with Crippen LogP contribution in [-0.2, 0) is 33.9 Å². The summed E-state index contributed by atoms with van der Waals surface area (Å²) in [5, 5.41) is 12.3. The van der Waals surface area contributed by atoms with Gasteiger partial charge in [-0.3, -0.25) is 9.69 Å². The van der Waals surface area contributed by atoms with Gasteiger partial charge in [0.25, 0.3) is 0 Å². The monoisotopic (exact) mass is 478 g/mol. The molecule has 2 atom stereocenters. The third kappa shape index (κ3) is 7.70. The predicted molar refractivity (Wildman–Crippen MR) is 134 cm³/mol. The van der Waals surface area contributed by atoms with E-state index < -0.39 is 30.1 Å². The molecular weight excluding hydrogens is 444 g/mol. The van der Waals surface area contributed by atoms with Crippen molar-refractivity contribution < 1.29 is 24.2 Å². The molecule has 0 saturated heterocycles. The highest BCUT2D eigenvalue weighted by atomic mass is 16.6. The van der Waals surface area contributed by atoms with E-state index in [2.05, 4.69) is 11.9 Å². The van der Waals surface area contributed by atoms with Gasteiger partial charge in [0.15, 0.2) is 0 Å². The number of fused-ring (bicyclic) bond motifs is 1. The number of ether oxygens (including phenoxy) is 1. The van der Waals surface area contributed by atoms with Crippen molar-refractivity contribution in [1.29, 1.82) is 0 Å². The fourth-order valence-corrected chi connectivity index (χ4v) is 4.27. The Morgan fingerprint density at radius 2 is 1.71 bits per heavy atom. The average Bonchev–Trinajstić information content (AvgIpc) is 2.88. The third-order valence-corrected chi connectivity index (χ3v) is 6.26. The lowest BCUT2D eigenvalue weighted by Crippen LogP contribution is -2.55. The summed E-state index contributed by atoms with van der Waals surface area (Å²) in [6, 6.07) is 15.1. The van der Waals surface area contributed by atoms with Gasteiger partial charge >= 0.3 is 12.1 Å². The normalized spacial score (nSPS) is 15.5. The second-order valence-electron chi connectivity index (χ2n) is 8.84. The van der Waals surface area contributed by atoms with E-state index in [1.165, 1.54) is 4.90 Å². The number of aliphatic carboxylic acids is 1. The molecule has 0 aliphatic carbocycles. The molecule has 0 bridgehead atoms. The predicted octanol–water partition coefficient (Wildman–Crippen LogP) is 4.85. The fraction of sp³-hybridized carbons (Fsp3) is 0.393. The van der Waals surface area contributed by atoms with Crippen LogP contribution in [-0.4, -0.2) is 40.1 Å². The molecule has 0 fully saturated rings. The molecule has 0 aromatic heterocycles. The summed E-state index contributed by atoms with van der Waals surface area (Å²) in [6.45, 7) is 4.02. The number of nitrogens with one attached hydrogen (secondary N) is 1. The summed E-state index contributed by atoms with van der Waals surface area (Å²) in [6.07, 6.45) is 6.47. The lowest BCUT2D eigenvalue weighted by atomic mass is 9.93. The second-order valence-corrected chi connectivity index (χ2v) is 8.84. The molecule has 3 rings (SSSR count). The highest BCUT2D eigenvalue weighted by Gasteiger charge is 2.37. The Balaban J connectivity index is 1.66. The molecule has 0 spiro atoms. The zero-order chi connectivity index (χ0) is 25.0. The molecular formula is C28H34N2O5. The molecule has 2 amide bonds. The largest absolute Gasteiger partial charge is 0.480 e. The second kappa shape index (κ2) is 13.3. The SMILES string of the molecule is C=CCCCCCC[C@H](NC(=O)[C@@H]1Cc2ccccc2CN1C(=O)OCc1ccccc1)C(=O)O. The molecule has 1 aliphatic heterocycles. The van der Waals surface area contributed by atoms with E-state index in [0.29, 0.717) is 19.3 Å². The Labute approximate surface area is 206 Å². The van der Waals surface area contributed by atoms with E-state index >= 15 is 0 Å². The van der Waals surface area contributed by atoms with Crippen LogP contribution >= 0.6 is 0 Å². The number of allylic oxidation sites excluding steroid dienone is 1. The first kappa shape index (κ1) is 26.0. The molecule has 7 heteroatoms. The van der Waals surface area contributed by atoms with Crippen molar-refractivity contribution >= 4 is 18.0 Å². The molecule has 1 aliphatic rings. The van der Waals surface area contributed by atoms with Crippen LogP contribution in [0.3, 0.4) is 0 Å². The summed E-state index contributed by atoms with van der Waals surface area (Å²) >= 11 is 0. The maximum absolute atomic E-state index is 13.3. The number of benzene rings is 2. The summed E-state index contributed by atoms with van der Waals surface area (Å²) in [5.74, 6) is -1.55. The van der Waals surface area contributed by atoms with Gasteiger partial charge in [-0.2, -0.15) is 0 Å². The van der Waals surface area contributed by atoms with Crippen molar-refractivity contribution in [3.8, 4) is 0 Å². The van der Waals surface area contributed by atoms with Gasteiger partial charge in [0.05, 0.1) is 6.54 Å². The average molecular weight is 479 g/mol. The van der Waals surface area contributed by atoms with Gasteiger partial charge in [-0.15, -0.1) is 6.58 Å². The lowest BCUT2D eigenvalue weighted by molar-refractivity contribution is -0.143. The zero-order valence-electron chi connectivity index (χ0n) is 20.0. The minimum atomic E-state index is -1.07. The molecule has 0 unspecified atom stereocenters. The van der Waals surface area contributed by atoms with Crippen molar-refractivity contribution in [2.45, 2.75) is 70.2 Å². The number of nitrogens with zero attached hydrogens (tertiary/aromatic N) is 1. The van der Waals surface area contributed by atoms with E-state index in [0.717, 1.165) is 42.4 Å². The van der Waals surface area contributed by atoms with Gasteiger partial charge in [-0.25, -0.2) is 9.59 Å². The van der Waals surface area contributed by atoms with Gasteiger partial charge in [-0.05, 0) is 36.0 Å².